The van der Waals surface area contributed by atoms with E-state index >= 15 is 0 Å². The second-order valence-electron chi connectivity index (χ2n) is 2.21. The lowest BCUT2D eigenvalue weighted by Crippen LogP contribution is -2.13. The molecular formula is C6H8BrN3O2. The Kier molecular flexibility index (Phi) is 2.69. The van der Waals surface area contributed by atoms with E-state index in [1.165, 1.54) is 0 Å². The second-order valence-corrected chi connectivity index (χ2v) is 3.06. The zero-order valence-electron chi connectivity index (χ0n) is 6.45. The molecule has 1 heterocycles. The number of rotatable bonds is 2. The van der Waals surface area contributed by atoms with E-state index in [2.05, 4.69) is 25.8 Å². The highest BCUT2D eigenvalue weighted by Gasteiger charge is 2.05. The molecule has 0 aromatic carbocycles. The Hall–Kier alpha value is -1.04. The highest BCUT2D eigenvalue weighted by Crippen LogP contribution is 2.14. The van der Waals surface area contributed by atoms with Gasteiger partial charge in [-0.15, -0.1) is 0 Å². The predicted molar refractivity (Wildman–Crippen MR) is 45.3 cm³/mol. The van der Waals surface area contributed by atoms with Crippen molar-refractivity contribution in [2.24, 2.45) is 12.8 Å². The van der Waals surface area contributed by atoms with E-state index in [9.17, 15) is 4.79 Å². The van der Waals surface area contributed by atoms with Gasteiger partial charge in [0, 0.05) is 13.2 Å². The van der Waals surface area contributed by atoms with Crippen molar-refractivity contribution < 1.29 is 9.53 Å². The third-order valence-corrected chi connectivity index (χ3v) is 1.87. The average molecular weight is 234 g/mol. The van der Waals surface area contributed by atoms with Crippen LogP contribution in [-0.4, -0.2) is 15.9 Å². The third kappa shape index (κ3) is 2.23. The van der Waals surface area contributed by atoms with Crippen molar-refractivity contribution in [3.63, 3.8) is 0 Å². The molecule has 2 N–H and O–H groups in total. The molecule has 0 saturated carbocycles. The first-order valence-corrected chi connectivity index (χ1v) is 3.99. The number of nitrogens with two attached hydrogens (primary N) is 1. The Morgan fingerprint density at radius 1 is 1.92 bits per heavy atom. The van der Waals surface area contributed by atoms with Gasteiger partial charge in [0.25, 0.3) is 0 Å². The summed E-state index contributed by atoms with van der Waals surface area (Å²) in [5.41, 5.74) is 5.44. The molecule has 0 unspecified atom stereocenters. The number of ether oxygens (including phenoxy) is 1. The molecule has 12 heavy (non-hydrogen) atoms. The Bertz CT molecular complexity index is 297. The van der Waals surface area contributed by atoms with Gasteiger partial charge in [-0.3, -0.25) is 4.68 Å². The van der Waals surface area contributed by atoms with Crippen LogP contribution >= 0.6 is 15.9 Å². The molecule has 1 aromatic rings. The summed E-state index contributed by atoms with van der Waals surface area (Å²) >= 11 is 3.25. The van der Waals surface area contributed by atoms with Crippen LogP contribution in [0.1, 0.15) is 5.69 Å². The lowest BCUT2D eigenvalue weighted by Gasteiger charge is -1.96. The van der Waals surface area contributed by atoms with E-state index < -0.39 is 6.09 Å². The summed E-state index contributed by atoms with van der Waals surface area (Å²) in [6.45, 7) is 0.0940. The molecule has 0 spiro atoms. The Morgan fingerprint density at radius 3 is 3.00 bits per heavy atom. The monoisotopic (exact) mass is 233 g/mol. The second kappa shape index (κ2) is 3.57. The summed E-state index contributed by atoms with van der Waals surface area (Å²) in [5.74, 6) is 0. The number of primary amides is 1. The summed E-state index contributed by atoms with van der Waals surface area (Å²) in [7, 11) is 1.78. The van der Waals surface area contributed by atoms with Crippen molar-refractivity contribution in [1.82, 2.24) is 9.78 Å². The van der Waals surface area contributed by atoms with Crippen LogP contribution in [0.5, 0.6) is 0 Å². The molecular weight excluding hydrogens is 226 g/mol. The first kappa shape index (κ1) is 9.05. The Morgan fingerprint density at radius 2 is 2.58 bits per heavy atom. The van der Waals surface area contributed by atoms with E-state index in [1.807, 2.05) is 0 Å². The molecule has 66 valence electrons. The quantitative estimate of drug-likeness (QED) is 0.821. The molecule has 0 atom stereocenters. The molecule has 0 radical (unpaired) electrons. The normalized spacial score (nSPS) is 9.83. The van der Waals surface area contributed by atoms with Crippen molar-refractivity contribution in [1.29, 1.82) is 0 Å². The maximum atomic E-state index is 10.2. The summed E-state index contributed by atoms with van der Waals surface area (Å²) in [6, 6.07) is 0. The molecule has 0 saturated heterocycles. The molecule has 5 nitrogen and oxygen atoms in total. The fourth-order valence-electron chi connectivity index (χ4n) is 0.743. The molecule has 0 aliphatic carbocycles. The van der Waals surface area contributed by atoms with E-state index in [1.54, 1.807) is 17.9 Å². The molecule has 0 bridgehead atoms. The van der Waals surface area contributed by atoms with Gasteiger partial charge in [0.15, 0.2) is 0 Å². The summed E-state index contributed by atoms with van der Waals surface area (Å²) in [6.07, 6.45) is 0.965. The summed E-state index contributed by atoms with van der Waals surface area (Å²) in [4.78, 5) is 10.2. The molecule has 1 aromatic heterocycles. The van der Waals surface area contributed by atoms with Crippen LogP contribution < -0.4 is 5.73 Å². The van der Waals surface area contributed by atoms with Crippen LogP contribution in [0.4, 0.5) is 4.79 Å². The number of amides is 1. The number of carbonyl (C=O) groups excluding carboxylic acids is 1. The number of hydrogen-bond acceptors (Lipinski definition) is 3. The SMILES string of the molecule is Cn1cc(Br)c(COC(N)=O)n1. The van der Waals surface area contributed by atoms with E-state index in [0.29, 0.717) is 5.69 Å². The van der Waals surface area contributed by atoms with Crippen LogP contribution in [0, 0.1) is 0 Å². The molecule has 1 rings (SSSR count). The van der Waals surface area contributed by atoms with Gasteiger partial charge in [-0.25, -0.2) is 4.79 Å². The van der Waals surface area contributed by atoms with Gasteiger partial charge in [-0.2, -0.15) is 5.10 Å². The largest absolute Gasteiger partial charge is 0.443 e. The van der Waals surface area contributed by atoms with Crippen LogP contribution in [-0.2, 0) is 18.4 Å². The van der Waals surface area contributed by atoms with Crippen LogP contribution in [0.3, 0.4) is 0 Å². The minimum atomic E-state index is -0.799. The number of aromatic nitrogens is 2. The summed E-state index contributed by atoms with van der Waals surface area (Å²) in [5, 5.41) is 4.02. The predicted octanol–water partition coefficient (Wildman–Crippen LogP) is 0.778. The van der Waals surface area contributed by atoms with E-state index in [0.717, 1.165) is 4.47 Å². The number of carbonyl (C=O) groups is 1. The minimum absolute atomic E-state index is 0.0940. The van der Waals surface area contributed by atoms with E-state index in [4.69, 9.17) is 5.73 Å². The van der Waals surface area contributed by atoms with Crippen LogP contribution in [0.2, 0.25) is 0 Å². The third-order valence-electron chi connectivity index (χ3n) is 1.21. The maximum Gasteiger partial charge on any atom is 0.404 e. The van der Waals surface area contributed by atoms with Crippen LogP contribution in [0.25, 0.3) is 0 Å². The average Bonchev–Trinajstić information content (AvgIpc) is 2.26. The number of halogens is 1. The number of nitrogens with zero attached hydrogens (tertiary/aromatic N) is 2. The zero-order valence-corrected chi connectivity index (χ0v) is 8.04. The van der Waals surface area contributed by atoms with Crippen molar-refractivity contribution >= 4 is 22.0 Å². The Balaban J connectivity index is 2.62. The lowest BCUT2D eigenvalue weighted by molar-refractivity contribution is 0.148. The first-order chi connectivity index (χ1) is 5.59. The van der Waals surface area contributed by atoms with Gasteiger partial charge in [0.05, 0.1) is 4.47 Å². The molecule has 0 aliphatic heterocycles. The topological polar surface area (TPSA) is 70.1 Å². The fraction of sp³-hybridized carbons (Fsp3) is 0.333. The molecule has 0 aliphatic rings. The van der Waals surface area contributed by atoms with Gasteiger partial charge in [-0.1, -0.05) is 0 Å². The minimum Gasteiger partial charge on any atom is -0.443 e. The highest BCUT2D eigenvalue weighted by atomic mass is 79.9. The highest BCUT2D eigenvalue weighted by molar-refractivity contribution is 9.10. The van der Waals surface area contributed by atoms with Gasteiger partial charge < -0.3 is 10.5 Å². The van der Waals surface area contributed by atoms with E-state index in [-0.39, 0.29) is 6.61 Å². The molecule has 1 amide bonds. The van der Waals surface area contributed by atoms with Crippen molar-refractivity contribution in [3.8, 4) is 0 Å². The van der Waals surface area contributed by atoms with Gasteiger partial charge in [-0.05, 0) is 15.9 Å². The summed E-state index contributed by atoms with van der Waals surface area (Å²) < 4.78 is 6.97. The standard InChI is InChI=1S/C6H8BrN3O2/c1-10-2-4(7)5(9-10)3-12-6(8)11/h2H,3H2,1H3,(H2,8,11). The van der Waals surface area contributed by atoms with Crippen molar-refractivity contribution in [2.45, 2.75) is 6.61 Å². The number of aryl methyl sites for hydroxylation is 1. The van der Waals surface area contributed by atoms with Gasteiger partial charge in [0.1, 0.15) is 12.3 Å². The van der Waals surface area contributed by atoms with Crippen LogP contribution in [0.15, 0.2) is 10.7 Å². The first-order valence-electron chi connectivity index (χ1n) is 3.20. The fourth-order valence-corrected chi connectivity index (χ4v) is 1.23. The smallest absolute Gasteiger partial charge is 0.404 e. The number of hydrogen-bond donors (Lipinski definition) is 1. The molecule has 0 fully saturated rings. The molecule has 6 heteroatoms. The van der Waals surface area contributed by atoms with Crippen molar-refractivity contribution in [2.75, 3.05) is 0 Å². The van der Waals surface area contributed by atoms with Crippen molar-refractivity contribution in [3.05, 3.63) is 16.4 Å². The maximum absolute atomic E-state index is 10.2. The van der Waals surface area contributed by atoms with Gasteiger partial charge in [0.2, 0.25) is 0 Å². The lowest BCUT2D eigenvalue weighted by atomic mass is 10.5. The Labute approximate surface area is 77.6 Å². The van der Waals surface area contributed by atoms with Gasteiger partial charge >= 0.3 is 6.09 Å². The zero-order chi connectivity index (χ0) is 9.14.